The lowest BCUT2D eigenvalue weighted by atomic mass is 10.0. The minimum Gasteiger partial charge on any atom is -0.455 e. The van der Waals surface area contributed by atoms with Gasteiger partial charge in [0.15, 0.2) is 0 Å². The zero-order valence-electron chi connectivity index (χ0n) is 19.8. The van der Waals surface area contributed by atoms with E-state index in [0.29, 0.717) is 0 Å². The Morgan fingerprint density at radius 3 is 2.50 bits per heavy atom. The SMILES string of the molecule is Cc1ccc(S(=O)(=O)N[C@@H](CC(C)C)C(=O)N/N=C\c2ccc(-c3ccc(Cl)cc3[N+](=O)[O-])o2)cc1. The standard InChI is InChI=1S/C24H25ClN4O6S/c1-15(2)12-21(28-36(33,34)19-8-4-16(3)5-9-19)24(30)27-26-14-18-7-11-23(35-18)20-10-6-17(25)13-22(20)29(31)32/h4-11,13-15,21,28H,12H2,1-3H3,(H,27,30)/b26-14-/t21-/m0/s1. The van der Waals surface area contributed by atoms with E-state index in [-0.39, 0.29) is 45.0 Å². The summed E-state index contributed by atoms with van der Waals surface area (Å²) in [4.78, 5) is 23.6. The Hall–Kier alpha value is -3.54. The predicted octanol–water partition coefficient (Wildman–Crippen LogP) is 4.66. The highest BCUT2D eigenvalue weighted by Crippen LogP contribution is 2.33. The second-order valence-electron chi connectivity index (χ2n) is 8.47. The largest absolute Gasteiger partial charge is 0.455 e. The zero-order valence-corrected chi connectivity index (χ0v) is 21.3. The third-order valence-electron chi connectivity index (χ3n) is 5.07. The predicted molar refractivity (Wildman–Crippen MR) is 136 cm³/mol. The molecule has 12 heteroatoms. The number of nitro benzene ring substituents is 1. The Bertz CT molecular complexity index is 1380. The van der Waals surface area contributed by atoms with Gasteiger partial charge in [0.05, 0.1) is 21.6 Å². The van der Waals surface area contributed by atoms with Crippen LogP contribution in [-0.4, -0.2) is 31.5 Å². The average Bonchev–Trinajstić information content (AvgIpc) is 3.27. The van der Waals surface area contributed by atoms with Crippen LogP contribution >= 0.6 is 11.6 Å². The van der Waals surface area contributed by atoms with Crippen molar-refractivity contribution in [3.8, 4) is 11.3 Å². The molecule has 0 saturated carbocycles. The molecule has 0 aliphatic rings. The number of benzene rings is 2. The Labute approximate surface area is 213 Å². The van der Waals surface area contributed by atoms with Gasteiger partial charge in [-0.3, -0.25) is 14.9 Å². The van der Waals surface area contributed by atoms with Gasteiger partial charge >= 0.3 is 0 Å². The summed E-state index contributed by atoms with van der Waals surface area (Å²) in [6.45, 7) is 5.57. The highest BCUT2D eigenvalue weighted by Gasteiger charge is 2.26. The summed E-state index contributed by atoms with van der Waals surface area (Å²) in [6.07, 6.45) is 1.46. The van der Waals surface area contributed by atoms with Crippen LogP contribution in [0, 0.1) is 23.0 Å². The normalized spacial score (nSPS) is 12.7. The molecule has 1 amide bonds. The molecule has 2 aromatic carbocycles. The molecule has 0 aliphatic carbocycles. The highest BCUT2D eigenvalue weighted by atomic mass is 35.5. The summed E-state index contributed by atoms with van der Waals surface area (Å²) in [5.41, 5.74) is 3.25. The van der Waals surface area contributed by atoms with Crippen molar-refractivity contribution in [3.05, 3.63) is 81.1 Å². The molecule has 190 valence electrons. The van der Waals surface area contributed by atoms with E-state index in [1.165, 1.54) is 48.7 Å². The molecule has 0 bridgehead atoms. The minimum atomic E-state index is -3.93. The number of hydrazone groups is 1. The molecule has 0 radical (unpaired) electrons. The summed E-state index contributed by atoms with van der Waals surface area (Å²) in [7, 11) is -3.93. The van der Waals surface area contributed by atoms with Crippen molar-refractivity contribution in [1.29, 1.82) is 0 Å². The maximum absolute atomic E-state index is 12.8. The van der Waals surface area contributed by atoms with Gasteiger partial charge in [0, 0.05) is 11.1 Å². The Balaban J connectivity index is 1.72. The monoisotopic (exact) mass is 532 g/mol. The fourth-order valence-corrected chi connectivity index (χ4v) is 4.70. The van der Waals surface area contributed by atoms with E-state index in [0.717, 1.165) is 5.56 Å². The molecule has 1 atom stereocenters. The van der Waals surface area contributed by atoms with Crippen LogP contribution in [0.25, 0.3) is 11.3 Å². The Kier molecular flexibility index (Phi) is 8.62. The van der Waals surface area contributed by atoms with E-state index >= 15 is 0 Å². The highest BCUT2D eigenvalue weighted by molar-refractivity contribution is 7.89. The molecule has 3 aromatic rings. The van der Waals surface area contributed by atoms with E-state index in [1.807, 2.05) is 20.8 Å². The lowest BCUT2D eigenvalue weighted by Gasteiger charge is -2.19. The number of aryl methyl sites for hydroxylation is 1. The Morgan fingerprint density at radius 1 is 1.17 bits per heavy atom. The first kappa shape index (κ1) is 27.1. The van der Waals surface area contributed by atoms with Gasteiger partial charge < -0.3 is 4.42 Å². The number of carbonyl (C=O) groups excluding carboxylic acids is 1. The van der Waals surface area contributed by atoms with Crippen molar-refractivity contribution < 1.29 is 22.6 Å². The van der Waals surface area contributed by atoms with Gasteiger partial charge in [0.25, 0.3) is 11.6 Å². The number of amides is 1. The third kappa shape index (κ3) is 7.00. The number of sulfonamides is 1. The van der Waals surface area contributed by atoms with Gasteiger partial charge in [-0.15, -0.1) is 0 Å². The number of hydrogen-bond donors (Lipinski definition) is 2. The molecule has 36 heavy (non-hydrogen) atoms. The minimum absolute atomic E-state index is 0.0215. The fourth-order valence-electron chi connectivity index (χ4n) is 3.32. The first-order valence-electron chi connectivity index (χ1n) is 10.9. The van der Waals surface area contributed by atoms with Crippen LogP contribution < -0.4 is 10.1 Å². The van der Waals surface area contributed by atoms with E-state index in [2.05, 4.69) is 15.2 Å². The number of carbonyl (C=O) groups is 1. The first-order chi connectivity index (χ1) is 17.0. The van der Waals surface area contributed by atoms with Crippen molar-refractivity contribution in [3.63, 3.8) is 0 Å². The van der Waals surface area contributed by atoms with E-state index in [4.69, 9.17) is 16.0 Å². The number of furan rings is 1. The molecule has 2 N–H and O–H groups in total. The lowest BCUT2D eigenvalue weighted by Crippen LogP contribution is -2.46. The smallest absolute Gasteiger partial charge is 0.281 e. The van der Waals surface area contributed by atoms with Gasteiger partial charge in [0.1, 0.15) is 17.6 Å². The van der Waals surface area contributed by atoms with Gasteiger partial charge in [-0.05, 0) is 55.7 Å². The number of hydrogen-bond acceptors (Lipinski definition) is 7. The quantitative estimate of drug-likeness (QED) is 0.221. The van der Waals surface area contributed by atoms with Crippen molar-refractivity contribution >= 4 is 39.4 Å². The summed E-state index contributed by atoms with van der Waals surface area (Å²) in [6, 6.07) is 12.5. The van der Waals surface area contributed by atoms with Crippen LogP contribution in [-0.2, 0) is 14.8 Å². The molecular weight excluding hydrogens is 508 g/mol. The molecule has 1 aromatic heterocycles. The van der Waals surface area contributed by atoms with Crippen LogP contribution in [0.3, 0.4) is 0 Å². The molecule has 0 saturated heterocycles. The molecule has 0 fully saturated rings. The second-order valence-corrected chi connectivity index (χ2v) is 10.6. The third-order valence-corrected chi connectivity index (χ3v) is 6.79. The zero-order chi connectivity index (χ0) is 26.5. The number of nitrogens with zero attached hydrogens (tertiary/aromatic N) is 2. The van der Waals surface area contributed by atoms with Crippen molar-refractivity contribution in [2.24, 2.45) is 11.0 Å². The van der Waals surface area contributed by atoms with Gasteiger partial charge in [-0.2, -0.15) is 9.82 Å². The van der Waals surface area contributed by atoms with Crippen LogP contribution in [0.5, 0.6) is 0 Å². The lowest BCUT2D eigenvalue weighted by molar-refractivity contribution is -0.384. The fraction of sp³-hybridized carbons (Fsp3) is 0.250. The van der Waals surface area contributed by atoms with E-state index in [1.54, 1.807) is 12.1 Å². The Morgan fingerprint density at radius 2 is 1.86 bits per heavy atom. The number of nitro groups is 1. The van der Waals surface area contributed by atoms with Crippen LogP contribution in [0.15, 0.2) is 69.0 Å². The van der Waals surface area contributed by atoms with Crippen LogP contribution in [0.2, 0.25) is 5.02 Å². The van der Waals surface area contributed by atoms with Crippen LogP contribution in [0.1, 0.15) is 31.6 Å². The maximum Gasteiger partial charge on any atom is 0.281 e. The van der Waals surface area contributed by atoms with E-state index < -0.39 is 26.9 Å². The molecule has 10 nitrogen and oxygen atoms in total. The summed E-state index contributed by atoms with van der Waals surface area (Å²) in [5, 5.41) is 15.4. The molecule has 0 spiro atoms. The second kappa shape index (κ2) is 11.5. The molecule has 0 aliphatic heterocycles. The summed E-state index contributed by atoms with van der Waals surface area (Å²) >= 11 is 5.85. The summed E-state index contributed by atoms with van der Waals surface area (Å²) in [5.74, 6) is -0.186. The van der Waals surface area contributed by atoms with Crippen LogP contribution in [0.4, 0.5) is 5.69 Å². The molecule has 0 unspecified atom stereocenters. The number of nitrogens with one attached hydrogen (secondary N) is 2. The van der Waals surface area contributed by atoms with Crippen molar-refractivity contribution in [2.75, 3.05) is 0 Å². The number of halogens is 1. The first-order valence-corrected chi connectivity index (χ1v) is 12.8. The molecule has 1 heterocycles. The number of rotatable bonds is 10. The maximum atomic E-state index is 12.8. The van der Waals surface area contributed by atoms with Crippen molar-refractivity contribution in [1.82, 2.24) is 10.1 Å². The molecule has 3 rings (SSSR count). The average molecular weight is 533 g/mol. The topological polar surface area (TPSA) is 144 Å². The van der Waals surface area contributed by atoms with Gasteiger partial charge in [0.2, 0.25) is 10.0 Å². The van der Waals surface area contributed by atoms with Crippen molar-refractivity contribution in [2.45, 2.75) is 38.1 Å². The molecular formula is C24H25ClN4O6S. The van der Waals surface area contributed by atoms with E-state index in [9.17, 15) is 23.3 Å². The summed E-state index contributed by atoms with van der Waals surface area (Å²) < 4.78 is 33.6. The van der Waals surface area contributed by atoms with Gasteiger partial charge in [-0.1, -0.05) is 43.1 Å². The van der Waals surface area contributed by atoms with Gasteiger partial charge in [-0.25, -0.2) is 13.8 Å².